The predicted octanol–water partition coefficient (Wildman–Crippen LogP) is 2.96. The number of rotatable bonds is 6. The first-order chi connectivity index (χ1) is 13.5. The molecule has 1 aromatic heterocycles. The van der Waals surface area contributed by atoms with E-state index in [0.717, 1.165) is 19.3 Å². The largest absolute Gasteiger partial charge is 0.322 e. The van der Waals surface area contributed by atoms with Crippen LogP contribution in [0.5, 0.6) is 0 Å². The third-order valence-corrected chi connectivity index (χ3v) is 5.93. The molecule has 2 fully saturated rings. The number of nitrogens with one attached hydrogen (secondary N) is 2. The minimum absolute atomic E-state index is 0.0581. The summed E-state index contributed by atoms with van der Waals surface area (Å²) in [6, 6.07) is 11.8. The topological polar surface area (TPSA) is 85.8 Å². The summed E-state index contributed by atoms with van der Waals surface area (Å²) in [5, 5.41) is 12.9. The van der Waals surface area contributed by atoms with E-state index >= 15 is 0 Å². The lowest BCUT2D eigenvalue weighted by atomic mass is 9.88. The number of aromatic nitrogens is 1. The van der Waals surface area contributed by atoms with Crippen LogP contribution in [0.25, 0.3) is 11.3 Å². The number of nitriles is 1. The number of nitrogens with zero attached hydrogens (tertiary/aromatic N) is 1. The molecule has 2 bridgehead atoms. The van der Waals surface area contributed by atoms with Crippen molar-refractivity contribution in [3.8, 4) is 17.3 Å². The number of pyridine rings is 1. The van der Waals surface area contributed by atoms with E-state index in [1.165, 1.54) is 12.1 Å². The maximum atomic E-state index is 14.3. The molecule has 2 aliphatic rings. The molecule has 1 aromatic carbocycles. The summed E-state index contributed by atoms with van der Waals surface area (Å²) in [5.41, 5.74) is 1.40. The van der Waals surface area contributed by atoms with Gasteiger partial charge in [0.1, 0.15) is 5.82 Å². The van der Waals surface area contributed by atoms with Crippen LogP contribution in [0, 0.1) is 29.0 Å². The van der Waals surface area contributed by atoms with Crippen molar-refractivity contribution in [3.05, 3.63) is 58.1 Å². The molecular formula is C22H22FN3O2. The Hall–Kier alpha value is -2.78. The van der Waals surface area contributed by atoms with Crippen LogP contribution < -0.4 is 10.9 Å². The van der Waals surface area contributed by atoms with Crippen molar-refractivity contribution in [3.63, 3.8) is 0 Å². The lowest BCUT2D eigenvalue weighted by Crippen LogP contribution is -2.42. The monoisotopic (exact) mass is 379 g/mol. The Labute approximate surface area is 162 Å². The van der Waals surface area contributed by atoms with Gasteiger partial charge in [-0.25, -0.2) is 4.39 Å². The number of hydrogen-bond acceptors (Lipinski definition) is 4. The fourth-order valence-electron chi connectivity index (χ4n) is 4.53. The van der Waals surface area contributed by atoms with Gasteiger partial charge >= 0.3 is 0 Å². The van der Waals surface area contributed by atoms with E-state index in [-0.39, 0.29) is 30.2 Å². The average Bonchev–Trinajstić information content (AvgIpc) is 3.32. The molecule has 6 heteroatoms. The molecule has 0 amide bonds. The number of halogens is 1. The summed E-state index contributed by atoms with van der Waals surface area (Å²) in [6.07, 6.45) is 3.52. The maximum absolute atomic E-state index is 14.3. The molecule has 0 radical (unpaired) electrons. The second kappa shape index (κ2) is 7.69. The van der Waals surface area contributed by atoms with Gasteiger partial charge in [-0.3, -0.25) is 9.59 Å². The van der Waals surface area contributed by atoms with Gasteiger partial charge in [0.05, 0.1) is 18.0 Å². The average molecular weight is 379 g/mol. The first kappa shape index (κ1) is 18.6. The van der Waals surface area contributed by atoms with Crippen molar-refractivity contribution in [1.29, 1.82) is 5.26 Å². The van der Waals surface area contributed by atoms with Gasteiger partial charge < -0.3 is 10.3 Å². The molecule has 0 spiro atoms. The maximum Gasteiger partial charge on any atom is 0.248 e. The smallest absolute Gasteiger partial charge is 0.248 e. The van der Waals surface area contributed by atoms with Crippen LogP contribution in [0.3, 0.4) is 0 Å². The highest BCUT2D eigenvalue weighted by Gasteiger charge is 2.42. The highest BCUT2D eigenvalue weighted by atomic mass is 19.1. The SMILES string of the molecule is N#C[C@@H](CC(=O)[C@H]1N[C@@H]2CC[C@H]1C2)Cc1cc(-c2cccc(=O)[nH]2)ccc1F. The zero-order valence-electron chi connectivity index (χ0n) is 15.5. The predicted molar refractivity (Wildman–Crippen MR) is 103 cm³/mol. The van der Waals surface area contributed by atoms with Gasteiger partial charge in [0.25, 0.3) is 0 Å². The number of Topliss-reactive ketones (excluding diaryl/α,β-unsaturated/α-hetero) is 1. The number of carbonyl (C=O) groups excluding carboxylic acids is 1. The van der Waals surface area contributed by atoms with Crippen LogP contribution in [0.4, 0.5) is 4.39 Å². The fourth-order valence-corrected chi connectivity index (χ4v) is 4.53. The standard InChI is InChI=1S/C22H22FN3O2/c23-18-7-5-14(19-2-1-3-21(28)26-19)10-16(18)8-13(12-24)9-20(27)22-15-4-6-17(11-15)25-22/h1-3,5,7,10,13,15,17,22,25H,4,6,8-9,11H2,(H,26,28)/t13-,15+,17-,22+/m1/s1. The summed E-state index contributed by atoms with van der Waals surface area (Å²) in [7, 11) is 0. The van der Waals surface area contributed by atoms with Gasteiger partial charge in [0.2, 0.25) is 5.56 Å². The number of aromatic amines is 1. The number of carbonyl (C=O) groups is 1. The molecule has 0 unspecified atom stereocenters. The summed E-state index contributed by atoms with van der Waals surface area (Å²) in [5.74, 6) is -0.546. The van der Waals surface area contributed by atoms with E-state index in [9.17, 15) is 19.2 Å². The van der Waals surface area contributed by atoms with E-state index < -0.39 is 11.7 Å². The van der Waals surface area contributed by atoms with Crippen molar-refractivity contribution < 1.29 is 9.18 Å². The van der Waals surface area contributed by atoms with Crippen LogP contribution in [0.15, 0.2) is 41.2 Å². The van der Waals surface area contributed by atoms with E-state index in [1.54, 1.807) is 24.3 Å². The molecule has 2 N–H and O–H groups in total. The second-order valence-electron chi connectivity index (χ2n) is 7.85. The van der Waals surface area contributed by atoms with Gasteiger partial charge in [-0.2, -0.15) is 5.26 Å². The first-order valence-corrected chi connectivity index (χ1v) is 9.70. The van der Waals surface area contributed by atoms with Crippen molar-refractivity contribution in [2.24, 2.45) is 11.8 Å². The molecule has 28 heavy (non-hydrogen) atoms. The normalized spacial score (nSPS) is 24.1. The Morgan fingerprint density at radius 1 is 1.29 bits per heavy atom. The summed E-state index contributed by atoms with van der Waals surface area (Å²) in [6.45, 7) is 0. The van der Waals surface area contributed by atoms with E-state index in [4.69, 9.17) is 0 Å². The fraction of sp³-hybridized carbons (Fsp3) is 0.409. The zero-order chi connectivity index (χ0) is 19.7. The highest BCUT2D eigenvalue weighted by Crippen LogP contribution is 2.36. The van der Waals surface area contributed by atoms with E-state index in [2.05, 4.69) is 16.4 Å². The van der Waals surface area contributed by atoms with Gasteiger partial charge in [0, 0.05) is 24.2 Å². The van der Waals surface area contributed by atoms with Crippen molar-refractivity contribution >= 4 is 5.78 Å². The first-order valence-electron chi connectivity index (χ1n) is 9.70. The molecule has 2 heterocycles. The van der Waals surface area contributed by atoms with Crippen LogP contribution >= 0.6 is 0 Å². The molecule has 2 aromatic rings. The number of hydrogen-bond donors (Lipinski definition) is 2. The number of ketones is 1. The van der Waals surface area contributed by atoms with Crippen LogP contribution in [0.2, 0.25) is 0 Å². The lowest BCUT2D eigenvalue weighted by Gasteiger charge is -2.22. The Bertz CT molecular complexity index is 994. The highest BCUT2D eigenvalue weighted by molar-refractivity contribution is 5.85. The molecule has 144 valence electrons. The number of H-pyrrole nitrogens is 1. The van der Waals surface area contributed by atoms with Gasteiger partial charge in [-0.15, -0.1) is 0 Å². The molecule has 1 aliphatic heterocycles. The van der Waals surface area contributed by atoms with E-state index in [0.29, 0.717) is 28.8 Å². The van der Waals surface area contributed by atoms with Crippen molar-refractivity contribution in [1.82, 2.24) is 10.3 Å². The van der Waals surface area contributed by atoms with Crippen molar-refractivity contribution in [2.45, 2.75) is 44.2 Å². The molecule has 4 atom stereocenters. The molecule has 1 saturated heterocycles. The van der Waals surface area contributed by atoms with Crippen LogP contribution in [-0.4, -0.2) is 22.9 Å². The summed E-state index contributed by atoms with van der Waals surface area (Å²) >= 11 is 0. The minimum atomic E-state index is -0.576. The quantitative estimate of drug-likeness (QED) is 0.808. The zero-order valence-corrected chi connectivity index (χ0v) is 15.5. The Morgan fingerprint density at radius 2 is 2.14 bits per heavy atom. The number of fused-ring (bicyclic) bond motifs is 2. The molecule has 1 aliphatic carbocycles. The summed E-state index contributed by atoms with van der Waals surface area (Å²) < 4.78 is 14.3. The molecular weight excluding hydrogens is 357 g/mol. The van der Waals surface area contributed by atoms with Gasteiger partial charge in [-0.05, 0) is 67.0 Å². The van der Waals surface area contributed by atoms with Crippen LogP contribution in [-0.2, 0) is 11.2 Å². The van der Waals surface area contributed by atoms with Gasteiger partial charge in [0.15, 0.2) is 5.78 Å². The van der Waals surface area contributed by atoms with E-state index in [1.807, 2.05) is 0 Å². The minimum Gasteiger partial charge on any atom is -0.322 e. The molecule has 5 nitrogen and oxygen atoms in total. The second-order valence-corrected chi connectivity index (χ2v) is 7.85. The Balaban J connectivity index is 1.49. The van der Waals surface area contributed by atoms with Gasteiger partial charge in [-0.1, -0.05) is 6.07 Å². The Morgan fingerprint density at radius 3 is 2.82 bits per heavy atom. The summed E-state index contributed by atoms with van der Waals surface area (Å²) in [4.78, 5) is 26.9. The van der Waals surface area contributed by atoms with Crippen molar-refractivity contribution in [2.75, 3.05) is 0 Å². The molecule has 1 saturated carbocycles. The number of piperidine rings is 1. The molecule has 4 rings (SSSR count). The lowest BCUT2D eigenvalue weighted by molar-refractivity contribution is -0.122. The third-order valence-electron chi connectivity index (χ3n) is 5.93. The van der Waals surface area contributed by atoms with Crippen LogP contribution in [0.1, 0.15) is 31.2 Å². The third kappa shape index (κ3) is 3.76. The number of benzene rings is 1. The Kier molecular flexibility index (Phi) is 5.10.